The maximum absolute atomic E-state index is 12.4. The second-order valence-corrected chi connectivity index (χ2v) is 5.73. The minimum atomic E-state index is -0.561. The average Bonchev–Trinajstić information content (AvgIpc) is 2.59. The van der Waals surface area contributed by atoms with E-state index in [1.54, 1.807) is 6.92 Å². The summed E-state index contributed by atoms with van der Waals surface area (Å²) in [5, 5.41) is 2.95. The van der Waals surface area contributed by atoms with Gasteiger partial charge in [-0.05, 0) is 63.6 Å². The number of amides is 1. The lowest BCUT2D eigenvalue weighted by Crippen LogP contribution is -2.30. The number of carbonyl (C=O) groups excluding carboxylic acids is 1. The fraction of sp³-hybridized carbons (Fsp3) is 0.350. The van der Waals surface area contributed by atoms with Gasteiger partial charge in [-0.15, -0.1) is 0 Å². The van der Waals surface area contributed by atoms with E-state index in [1.165, 1.54) is 5.69 Å². The Morgan fingerprint density at radius 2 is 1.79 bits per heavy atom. The predicted molar refractivity (Wildman–Crippen MR) is 99.9 cm³/mol. The fourth-order valence-electron chi connectivity index (χ4n) is 2.56. The van der Waals surface area contributed by atoms with Gasteiger partial charge in [0, 0.05) is 24.5 Å². The highest BCUT2D eigenvalue weighted by Crippen LogP contribution is 2.23. The second-order valence-electron chi connectivity index (χ2n) is 5.73. The Kier molecular flexibility index (Phi) is 6.24. The van der Waals surface area contributed by atoms with E-state index < -0.39 is 6.10 Å². The summed E-state index contributed by atoms with van der Waals surface area (Å²) in [6.07, 6.45) is -0.561. The van der Waals surface area contributed by atoms with Crippen molar-refractivity contribution in [1.82, 2.24) is 0 Å². The van der Waals surface area contributed by atoms with E-state index in [9.17, 15) is 4.79 Å². The lowest BCUT2D eigenvalue weighted by atomic mass is 10.1. The van der Waals surface area contributed by atoms with Crippen LogP contribution in [-0.4, -0.2) is 25.1 Å². The smallest absolute Gasteiger partial charge is 0.265 e. The zero-order chi connectivity index (χ0) is 17.5. The molecule has 0 saturated heterocycles. The van der Waals surface area contributed by atoms with E-state index in [0.29, 0.717) is 5.75 Å². The summed E-state index contributed by atoms with van der Waals surface area (Å²) >= 11 is 0. The van der Waals surface area contributed by atoms with Gasteiger partial charge in [0.25, 0.3) is 5.91 Å². The van der Waals surface area contributed by atoms with Crippen LogP contribution in [0, 0.1) is 6.92 Å². The van der Waals surface area contributed by atoms with Gasteiger partial charge >= 0.3 is 0 Å². The third-order valence-electron chi connectivity index (χ3n) is 4.02. The number of nitrogens with zero attached hydrogens (tertiary/aromatic N) is 1. The van der Waals surface area contributed by atoms with Crippen molar-refractivity contribution in [2.75, 3.05) is 23.3 Å². The molecule has 2 aromatic carbocycles. The molecule has 128 valence electrons. The molecule has 0 aliphatic rings. The molecule has 24 heavy (non-hydrogen) atoms. The molecule has 1 N–H and O–H groups in total. The lowest BCUT2D eigenvalue weighted by Gasteiger charge is -2.22. The molecule has 4 nitrogen and oxygen atoms in total. The van der Waals surface area contributed by atoms with Gasteiger partial charge in [0.2, 0.25) is 0 Å². The van der Waals surface area contributed by atoms with E-state index in [4.69, 9.17) is 4.74 Å². The predicted octanol–water partition coefficient (Wildman–Crippen LogP) is 4.25. The van der Waals surface area contributed by atoms with Crippen molar-refractivity contribution >= 4 is 17.3 Å². The fourth-order valence-corrected chi connectivity index (χ4v) is 2.56. The molecule has 2 rings (SSSR count). The number of anilines is 2. The minimum Gasteiger partial charge on any atom is -0.481 e. The number of hydrogen-bond donors (Lipinski definition) is 1. The first kappa shape index (κ1) is 17.9. The Bertz CT molecular complexity index is 667. The van der Waals surface area contributed by atoms with Crippen LogP contribution in [0.1, 0.15) is 26.3 Å². The first-order valence-electron chi connectivity index (χ1n) is 8.43. The Labute approximate surface area is 144 Å². The summed E-state index contributed by atoms with van der Waals surface area (Å²) in [6, 6.07) is 15.5. The molecule has 0 heterocycles. The van der Waals surface area contributed by atoms with Crippen molar-refractivity contribution in [3.8, 4) is 5.75 Å². The maximum Gasteiger partial charge on any atom is 0.265 e. The Morgan fingerprint density at radius 3 is 2.38 bits per heavy atom. The number of rotatable bonds is 7. The molecular formula is C20H26N2O2. The molecule has 0 aliphatic carbocycles. The number of hydrogen-bond acceptors (Lipinski definition) is 3. The first-order chi connectivity index (χ1) is 11.5. The van der Waals surface area contributed by atoms with Crippen molar-refractivity contribution in [3.05, 3.63) is 54.1 Å². The minimum absolute atomic E-state index is 0.155. The zero-order valence-corrected chi connectivity index (χ0v) is 14.9. The summed E-state index contributed by atoms with van der Waals surface area (Å²) < 4.78 is 5.66. The van der Waals surface area contributed by atoms with Crippen molar-refractivity contribution in [3.63, 3.8) is 0 Å². The SMILES string of the molecule is CCN(CC)c1ccc(NC(=O)[C@@H](C)Oc2ccccc2)c(C)c1. The van der Waals surface area contributed by atoms with Crippen molar-refractivity contribution in [2.24, 2.45) is 0 Å². The van der Waals surface area contributed by atoms with Gasteiger partial charge in [-0.3, -0.25) is 4.79 Å². The third-order valence-corrected chi connectivity index (χ3v) is 4.02. The zero-order valence-electron chi connectivity index (χ0n) is 14.9. The molecule has 0 unspecified atom stereocenters. The van der Waals surface area contributed by atoms with Crippen molar-refractivity contribution < 1.29 is 9.53 Å². The van der Waals surface area contributed by atoms with Gasteiger partial charge in [-0.1, -0.05) is 18.2 Å². The van der Waals surface area contributed by atoms with Crippen LogP contribution in [0.3, 0.4) is 0 Å². The third kappa shape index (κ3) is 4.51. The number of para-hydroxylation sites is 1. The van der Waals surface area contributed by atoms with Gasteiger partial charge in [-0.25, -0.2) is 0 Å². The molecule has 0 aliphatic heterocycles. The Hall–Kier alpha value is -2.49. The van der Waals surface area contributed by atoms with E-state index in [0.717, 1.165) is 24.3 Å². The number of ether oxygens (including phenoxy) is 1. The van der Waals surface area contributed by atoms with Crippen LogP contribution in [0.4, 0.5) is 11.4 Å². The van der Waals surface area contributed by atoms with Crippen LogP contribution in [0.2, 0.25) is 0 Å². The van der Waals surface area contributed by atoms with E-state index in [2.05, 4.69) is 30.1 Å². The summed E-state index contributed by atoms with van der Waals surface area (Å²) in [5.41, 5.74) is 3.03. The lowest BCUT2D eigenvalue weighted by molar-refractivity contribution is -0.122. The molecule has 0 saturated carbocycles. The van der Waals surface area contributed by atoms with E-state index >= 15 is 0 Å². The van der Waals surface area contributed by atoms with Crippen molar-refractivity contribution in [1.29, 1.82) is 0 Å². The second kappa shape index (κ2) is 8.39. The molecule has 1 amide bonds. The monoisotopic (exact) mass is 326 g/mol. The molecule has 2 aromatic rings. The summed E-state index contributed by atoms with van der Waals surface area (Å²) in [6.45, 7) is 9.95. The summed E-state index contributed by atoms with van der Waals surface area (Å²) in [4.78, 5) is 14.6. The molecule has 0 radical (unpaired) electrons. The molecule has 0 aromatic heterocycles. The highest BCUT2D eigenvalue weighted by Gasteiger charge is 2.16. The Balaban J connectivity index is 2.03. The number of nitrogens with one attached hydrogen (secondary N) is 1. The van der Waals surface area contributed by atoms with Crippen LogP contribution in [0.25, 0.3) is 0 Å². The van der Waals surface area contributed by atoms with Crippen molar-refractivity contribution in [2.45, 2.75) is 33.8 Å². The quantitative estimate of drug-likeness (QED) is 0.827. The molecule has 4 heteroatoms. The summed E-state index contributed by atoms with van der Waals surface area (Å²) in [5.74, 6) is 0.534. The largest absolute Gasteiger partial charge is 0.481 e. The number of carbonyl (C=O) groups is 1. The highest BCUT2D eigenvalue weighted by atomic mass is 16.5. The van der Waals surface area contributed by atoms with Gasteiger partial charge in [0.1, 0.15) is 5.75 Å². The van der Waals surface area contributed by atoms with Crippen LogP contribution in [-0.2, 0) is 4.79 Å². The van der Waals surface area contributed by atoms with Crippen LogP contribution < -0.4 is 15.0 Å². The maximum atomic E-state index is 12.4. The van der Waals surface area contributed by atoms with Gasteiger partial charge in [0.05, 0.1) is 0 Å². The topological polar surface area (TPSA) is 41.6 Å². The van der Waals surface area contributed by atoms with Crippen LogP contribution in [0.15, 0.2) is 48.5 Å². The van der Waals surface area contributed by atoms with E-state index in [1.807, 2.05) is 49.4 Å². The number of aryl methyl sites for hydroxylation is 1. The van der Waals surface area contributed by atoms with Gasteiger partial charge < -0.3 is 15.0 Å². The van der Waals surface area contributed by atoms with Crippen LogP contribution in [0.5, 0.6) is 5.75 Å². The molecule has 0 bridgehead atoms. The standard InChI is InChI=1S/C20H26N2O2/c1-5-22(6-2)17-12-13-19(15(3)14-17)21-20(23)16(4)24-18-10-8-7-9-11-18/h7-14,16H,5-6H2,1-4H3,(H,21,23)/t16-/m1/s1. The highest BCUT2D eigenvalue weighted by molar-refractivity contribution is 5.95. The molecular weight excluding hydrogens is 300 g/mol. The first-order valence-corrected chi connectivity index (χ1v) is 8.43. The molecule has 1 atom stereocenters. The number of benzene rings is 2. The van der Waals surface area contributed by atoms with Gasteiger partial charge in [-0.2, -0.15) is 0 Å². The van der Waals surface area contributed by atoms with E-state index in [-0.39, 0.29) is 5.91 Å². The Morgan fingerprint density at radius 1 is 1.12 bits per heavy atom. The molecule has 0 fully saturated rings. The summed E-state index contributed by atoms with van der Waals surface area (Å²) in [7, 11) is 0. The van der Waals surface area contributed by atoms with Gasteiger partial charge in [0.15, 0.2) is 6.10 Å². The van der Waals surface area contributed by atoms with Crippen LogP contribution >= 0.6 is 0 Å². The average molecular weight is 326 g/mol. The normalized spacial score (nSPS) is 11.7. The molecule has 0 spiro atoms.